The third kappa shape index (κ3) is 4.74. The molecule has 0 aliphatic heterocycles. The molecule has 1 atom stereocenters. The van der Waals surface area contributed by atoms with E-state index in [0.717, 1.165) is 35.6 Å². The number of nitrogens with one attached hydrogen (secondary N) is 1. The Kier molecular flexibility index (Phi) is 7.13. The van der Waals surface area contributed by atoms with Gasteiger partial charge in [0.05, 0.1) is 0 Å². The third-order valence-electron chi connectivity index (χ3n) is 8.01. The summed E-state index contributed by atoms with van der Waals surface area (Å²) in [6.07, 6.45) is 8.76. The maximum atomic E-state index is 6.31. The molecule has 5 heteroatoms. The van der Waals surface area contributed by atoms with Crippen molar-refractivity contribution >= 4 is 35.6 Å². The molecule has 2 nitrogen and oxygen atoms in total. The van der Waals surface area contributed by atoms with Crippen molar-refractivity contribution in [1.82, 2.24) is 5.32 Å². The molecule has 168 valence electrons. The number of rotatable bonds is 7. The molecule has 1 N–H and O–H groups in total. The van der Waals surface area contributed by atoms with Crippen LogP contribution in [0.15, 0.2) is 42.5 Å². The molecule has 0 radical (unpaired) electrons. The highest BCUT2D eigenvalue weighted by atomic mass is 35.5. The van der Waals surface area contributed by atoms with Gasteiger partial charge in [-0.1, -0.05) is 47.5 Å². The van der Waals surface area contributed by atoms with Gasteiger partial charge in [0, 0.05) is 33.8 Å². The van der Waals surface area contributed by atoms with Gasteiger partial charge in [-0.25, -0.2) is 0 Å². The van der Waals surface area contributed by atoms with Crippen molar-refractivity contribution in [2.75, 3.05) is 0 Å². The number of benzene rings is 2. The monoisotopic (exact) mass is 479 g/mol. The normalized spacial score (nSPS) is 29.5. The molecule has 0 saturated heterocycles. The highest BCUT2D eigenvalue weighted by Crippen LogP contribution is 2.61. The Morgan fingerprint density at radius 1 is 0.935 bits per heavy atom. The van der Waals surface area contributed by atoms with Crippen molar-refractivity contribution in [3.63, 3.8) is 0 Å². The van der Waals surface area contributed by atoms with Crippen LogP contribution in [0.3, 0.4) is 0 Å². The largest absolute Gasteiger partial charge is 0.488 e. The van der Waals surface area contributed by atoms with Gasteiger partial charge in [0.15, 0.2) is 0 Å². The Bertz CT molecular complexity index is 860. The Hall–Kier alpha value is -0.930. The summed E-state index contributed by atoms with van der Waals surface area (Å²) >= 11 is 12.6. The SMILES string of the molecule is CC(NCc1ccccc1OCc1c(Cl)cccc1Cl)C12CC3CC(CC(C3)C1)C2.Cl. The number of halogens is 3. The van der Waals surface area contributed by atoms with Crippen molar-refractivity contribution in [3.8, 4) is 5.75 Å². The topological polar surface area (TPSA) is 21.3 Å². The summed E-state index contributed by atoms with van der Waals surface area (Å²) in [6.45, 7) is 3.62. The van der Waals surface area contributed by atoms with Crippen LogP contribution in [-0.2, 0) is 13.2 Å². The zero-order chi connectivity index (χ0) is 20.7. The average Bonchev–Trinajstić information content (AvgIpc) is 2.71. The molecule has 4 aliphatic rings. The lowest BCUT2D eigenvalue weighted by Gasteiger charge is -2.59. The fourth-order valence-electron chi connectivity index (χ4n) is 6.80. The number of ether oxygens (including phenoxy) is 1. The first kappa shape index (κ1) is 23.2. The molecule has 2 aromatic rings. The van der Waals surface area contributed by atoms with E-state index in [2.05, 4.69) is 24.4 Å². The minimum atomic E-state index is 0. The molecular formula is C26H32Cl3NO. The first-order chi connectivity index (χ1) is 14.5. The van der Waals surface area contributed by atoms with Gasteiger partial charge >= 0.3 is 0 Å². The number of hydrogen-bond donors (Lipinski definition) is 1. The summed E-state index contributed by atoms with van der Waals surface area (Å²) in [6, 6.07) is 14.4. The van der Waals surface area contributed by atoms with Gasteiger partial charge in [0.2, 0.25) is 0 Å². The van der Waals surface area contributed by atoms with Gasteiger partial charge in [-0.05, 0) is 86.8 Å². The van der Waals surface area contributed by atoms with Gasteiger partial charge < -0.3 is 10.1 Å². The van der Waals surface area contributed by atoms with Crippen LogP contribution in [0.2, 0.25) is 10.0 Å². The molecule has 4 fully saturated rings. The van der Waals surface area contributed by atoms with Crippen molar-refractivity contribution < 1.29 is 4.74 Å². The Labute approximate surface area is 202 Å². The molecule has 0 amide bonds. The fraction of sp³-hybridized carbons (Fsp3) is 0.538. The molecular weight excluding hydrogens is 449 g/mol. The number of para-hydroxylation sites is 1. The molecule has 4 bridgehead atoms. The van der Waals surface area contributed by atoms with Crippen molar-refractivity contribution in [1.29, 1.82) is 0 Å². The molecule has 0 heterocycles. The van der Waals surface area contributed by atoms with E-state index < -0.39 is 0 Å². The quantitative estimate of drug-likeness (QED) is 0.438. The lowest BCUT2D eigenvalue weighted by molar-refractivity contribution is -0.0706. The third-order valence-corrected chi connectivity index (χ3v) is 8.72. The average molecular weight is 481 g/mol. The van der Waals surface area contributed by atoms with Crippen LogP contribution in [0.4, 0.5) is 0 Å². The van der Waals surface area contributed by atoms with Gasteiger partial charge in [-0.2, -0.15) is 0 Å². The van der Waals surface area contributed by atoms with E-state index in [9.17, 15) is 0 Å². The Balaban J connectivity index is 0.00000231. The molecule has 2 aromatic carbocycles. The first-order valence-corrected chi connectivity index (χ1v) is 12.1. The molecule has 0 aromatic heterocycles. The van der Waals surface area contributed by atoms with Crippen molar-refractivity contribution in [2.24, 2.45) is 23.2 Å². The highest BCUT2D eigenvalue weighted by molar-refractivity contribution is 6.35. The van der Waals surface area contributed by atoms with E-state index in [-0.39, 0.29) is 12.4 Å². The second kappa shape index (κ2) is 9.51. The van der Waals surface area contributed by atoms with E-state index in [1.54, 1.807) is 0 Å². The first-order valence-electron chi connectivity index (χ1n) is 11.4. The zero-order valence-corrected chi connectivity index (χ0v) is 20.4. The minimum absolute atomic E-state index is 0. The zero-order valence-electron chi connectivity index (χ0n) is 18.1. The molecule has 31 heavy (non-hydrogen) atoms. The standard InChI is InChI=1S/C26H31Cl2NO.ClH/c1-17(26-12-18-9-19(13-26)11-20(10-18)14-26)29-15-21-5-2-3-8-25(21)30-16-22-23(27)6-4-7-24(22)28;/h2-8,17-20,29H,9-16H2,1H3;1H. The van der Waals surface area contributed by atoms with E-state index >= 15 is 0 Å². The lowest BCUT2D eigenvalue weighted by Crippen LogP contribution is -2.54. The van der Waals surface area contributed by atoms with Crippen LogP contribution < -0.4 is 10.1 Å². The summed E-state index contributed by atoms with van der Waals surface area (Å²) in [5, 5.41) is 5.18. The van der Waals surface area contributed by atoms with Crippen LogP contribution in [0.25, 0.3) is 0 Å². The van der Waals surface area contributed by atoms with E-state index in [1.807, 2.05) is 30.3 Å². The Morgan fingerprint density at radius 3 is 2.13 bits per heavy atom. The van der Waals surface area contributed by atoms with Crippen LogP contribution >= 0.6 is 35.6 Å². The summed E-state index contributed by atoms with van der Waals surface area (Å²) in [7, 11) is 0. The van der Waals surface area contributed by atoms with Gasteiger partial charge in [0.1, 0.15) is 12.4 Å². The molecule has 6 rings (SSSR count). The maximum Gasteiger partial charge on any atom is 0.124 e. The molecule has 4 saturated carbocycles. The smallest absolute Gasteiger partial charge is 0.124 e. The number of hydrogen-bond acceptors (Lipinski definition) is 2. The van der Waals surface area contributed by atoms with Gasteiger partial charge in [-0.3, -0.25) is 0 Å². The van der Waals surface area contributed by atoms with Gasteiger partial charge in [0.25, 0.3) is 0 Å². The maximum absolute atomic E-state index is 6.31. The summed E-state index contributed by atoms with van der Waals surface area (Å²) in [5.41, 5.74) is 2.54. The second-order valence-corrected chi connectivity index (χ2v) is 10.8. The fourth-order valence-corrected chi connectivity index (χ4v) is 7.30. The minimum Gasteiger partial charge on any atom is -0.488 e. The van der Waals surface area contributed by atoms with Crippen molar-refractivity contribution in [2.45, 2.75) is 64.6 Å². The summed E-state index contributed by atoms with van der Waals surface area (Å²) in [5.74, 6) is 3.85. The second-order valence-electron chi connectivity index (χ2n) is 9.98. The predicted molar refractivity (Wildman–Crippen MR) is 131 cm³/mol. The highest BCUT2D eigenvalue weighted by Gasteiger charge is 2.52. The van der Waals surface area contributed by atoms with E-state index in [1.165, 1.54) is 44.1 Å². The summed E-state index contributed by atoms with van der Waals surface area (Å²) in [4.78, 5) is 0. The van der Waals surface area contributed by atoms with Crippen molar-refractivity contribution in [3.05, 3.63) is 63.6 Å². The molecule has 4 aliphatic carbocycles. The van der Waals surface area contributed by atoms with Crippen LogP contribution in [0, 0.1) is 23.2 Å². The summed E-state index contributed by atoms with van der Waals surface area (Å²) < 4.78 is 6.16. The van der Waals surface area contributed by atoms with Crippen LogP contribution in [0.1, 0.15) is 56.6 Å². The van der Waals surface area contributed by atoms with E-state index in [4.69, 9.17) is 27.9 Å². The van der Waals surface area contributed by atoms with Crippen LogP contribution in [0.5, 0.6) is 5.75 Å². The Morgan fingerprint density at radius 2 is 1.52 bits per heavy atom. The molecule has 0 spiro atoms. The van der Waals surface area contributed by atoms with Gasteiger partial charge in [-0.15, -0.1) is 12.4 Å². The molecule has 1 unspecified atom stereocenters. The lowest BCUT2D eigenvalue weighted by atomic mass is 9.48. The van der Waals surface area contributed by atoms with Crippen LogP contribution in [-0.4, -0.2) is 6.04 Å². The van der Waals surface area contributed by atoms with E-state index in [0.29, 0.717) is 28.1 Å². The predicted octanol–water partition coefficient (Wildman–Crippen LogP) is 7.69.